The molecule has 8 heteroatoms. The molecule has 0 bridgehead atoms. The van der Waals surface area contributed by atoms with E-state index >= 15 is 0 Å². The fraction of sp³-hybridized carbons (Fsp3) is 0.312. The minimum Gasteiger partial charge on any atom is -0.495 e. The number of piperazine rings is 1. The van der Waals surface area contributed by atoms with E-state index in [1.54, 1.807) is 13.4 Å². The van der Waals surface area contributed by atoms with Crippen LogP contribution >= 0.6 is 11.6 Å². The molecule has 3 aromatic rings. The SMILES string of the molecule is COc1cc2ncnc(N3CCNC(c4cn[nH]c4)C3)c2cc1Cl. The summed E-state index contributed by atoms with van der Waals surface area (Å²) < 4.78 is 5.28. The second-order valence-electron chi connectivity index (χ2n) is 5.69. The molecule has 1 aliphatic heterocycles. The van der Waals surface area contributed by atoms with Crippen molar-refractivity contribution in [3.05, 3.63) is 41.4 Å². The Kier molecular flexibility index (Phi) is 3.95. The third kappa shape index (κ3) is 2.65. The Morgan fingerprint density at radius 3 is 3.04 bits per heavy atom. The number of H-pyrrole nitrogens is 1. The topological polar surface area (TPSA) is 79.0 Å². The number of benzene rings is 1. The molecule has 0 aliphatic carbocycles. The van der Waals surface area contributed by atoms with Crippen LogP contribution in [0.4, 0.5) is 5.82 Å². The molecule has 124 valence electrons. The first-order valence-corrected chi connectivity index (χ1v) is 8.09. The fourth-order valence-electron chi connectivity index (χ4n) is 3.07. The summed E-state index contributed by atoms with van der Waals surface area (Å²) in [5.74, 6) is 1.50. The molecular weight excluding hydrogens is 328 g/mol. The number of rotatable bonds is 3. The van der Waals surface area contributed by atoms with Gasteiger partial charge in [0.25, 0.3) is 0 Å². The van der Waals surface area contributed by atoms with Crippen molar-refractivity contribution in [1.29, 1.82) is 0 Å². The van der Waals surface area contributed by atoms with E-state index in [1.807, 2.05) is 24.5 Å². The van der Waals surface area contributed by atoms with Crippen LogP contribution in [0, 0.1) is 0 Å². The molecule has 1 saturated heterocycles. The molecule has 1 fully saturated rings. The summed E-state index contributed by atoms with van der Waals surface area (Å²) in [4.78, 5) is 11.1. The summed E-state index contributed by atoms with van der Waals surface area (Å²) in [6.07, 6.45) is 5.35. The van der Waals surface area contributed by atoms with Crippen molar-refractivity contribution >= 4 is 28.3 Å². The first-order valence-electron chi connectivity index (χ1n) is 7.71. The van der Waals surface area contributed by atoms with Gasteiger partial charge in [-0.15, -0.1) is 0 Å². The number of halogens is 1. The minimum atomic E-state index is 0.205. The Morgan fingerprint density at radius 1 is 1.33 bits per heavy atom. The van der Waals surface area contributed by atoms with E-state index in [1.165, 1.54) is 0 Å². The molecule has 1 unspecified atom stereocenters. The van der Waals surface area contributed by atoms with Gasteiger partial charge in [-0.25, -0.2) is 9.97 Å². The number of fused-ring (bicyclic) bond motifs is 1. The van der Waals surface area contributed by atoms with Crippen molar-refractivity contribution < 1.29 is 4.74 Å². The molecule has 0 amide bonds. The van der Waals surface area contributed by atoms with Gasteiger partial charge in [0, 0.05) is 42.8 Å². The number of hydrogen-bond donors (Lipinski definition) is 2. The average Bonchev–Trinajstić information content (AvgIpc) is 3.15. The average molecular weight is 345 g/mol. The van der Waals surface area contributed by atoms with Gasteiger partial charge in [-0.2, -0.15) is 5.10 Å². The minimum absolute atomic E-state index is 0.205. The quantitative estimate of drug-likeness (QED) is 0.758. The second-order valence-corrected chi connectivity index (χ2v) is 6.09. The number of aromatic amines is 1. The number of nitrogens with one attached hydrogen (secondary N) is 2. The summed E-state index contributed by atoms with van der Waals surface area (Å²) in [5, 5.41) is 11.9. The lowest BCUT2D eigenvalue weighted by atomic mass is 10.1. The van der Waals surface area contributed by atoms with Crippen molar-refractivity contribution in [3.8, 4) is 5.75 Å². The Morgan fingerprint density at radius 2 is 2.25 bits per heavy atom. The number of aromatic nitrogens is 4. The highest BCUT2D eigenvalue weighted by molar-refractivity contribution is 6.33. The monoisotopic (exact) mass is 344 g/mol. The van der Waals surface area contributed by atoms with Gasteiger partial charge in [-0.05, 0) is 6.07 Å². The zero-order valence-corrected chi connectivity index (χ0v) is 13.9. The smallest absolute Gasteiger partial charge is 0.140 e. The molecule has 1 aromatic carbocycles. The molecule has 1 aliphatic rings. The van der Waals surface area contributed by atoms with Gasteiger partial charge in [-0.3, -0.25) is 5.10 Å². The van der Waals surface area contributed by atoms with E-state index in [2.05, 4.69) is 30.4 Å². The highest BCUT2D eigenvalue weighted by Gasteiger charge is 2.24. The fourth-order valence-corrected chi connectivity index (χ4v) is 3.31. The normalized spacial score (nSPS) is 18.1. The maximum absolute atomic E-state index is 6.30. The maximum Gasteiger partial charge on any atom is 0.140 e. The number of methoxy groups -OCH3 is 1. The number of anilines is 1. The summed E-state index contributed by atoms with van der Waals surface area (Å²) in [7, 11) is 1.60. The van der Waals surface area contributed by atoms with Crippen molar-refractivity contribution in [2.75, 3.05) is 31.6 Å². The van der Waals surface area contributed by atoms with Gasteiger partial charge < -0.3 is 15.0 Å². The van der Waals surface area contributed by atoms with Crippen LogP contribution in [-0.2, 0) is 0 Å². The van der Waals surface area contributed by atoms with E-state index < -0.39 is 0 Å². The van der Waals surface area contributed by atoms with E-state index in [0.717, 1.165) is 41.9 Å². The van der Waals surface area contributed by atoms with Crippen molar-refractivity contribution in [2.24, 2.45) is 0 Å². The molecular formula is C16H17ClN6O. The van der Waals surface area contributed by atoms with Gasteiger partial charge in [0.2, 0.25) is 0 Å². The highest BCUT2D eigenvalue weighted by Crippen LogP contribution is 2.33. The number of hydrogen-bond acceptors (Lipinski definition) is 6. The Balaban J connectivity index is 1.71. The molecule has 4 rings (SSSR count). The second kappa shape index (κ2) is 6.26. The lowest BCUT2D eigenvalue weighted by Crippen LogP contribution is -2.46. The van der Waals surface area contributed by atoms with Gasteiger partial charge in [0.15, 0.2) is 0 Å². The third-order valence-electron chi connectivity index (χ3n) is 4.28. The van der Waals surface area contributed by atoms with E-state index in [9.17, 15) is 0 Å². The van der Waals surface area contributed by atoms with Crippen LogP contribution in [0.5, 0.6) is 5.75 Å². The van der Waals surface area contributed by atoms with Gasteiger partial charge in [0.05, 0.1) is 29.9 Å². The standard InChI is InChI=1S/C16H17ClN6O/c1-24-15-5-13-11(4-12(15)17)16(20-9-19-13)23-3-2-18-14(8-23)10-6-21-22-7-10/h4-7,9,14,18H,2-3,8H2,1H3,(H,21,22). The van der Waals surface area contributed by atoms with Crippen molar-refractivity contribution in [3.63, 3.8) is 0 Å². The van der Waals surface area contributed by atoms with Crippen LogP contribution in [0.2, 0.25) is 5.02 Å². The number of ether oxygens (including phenoxy) is 1. The molecule has 3 heterocycles. The van der Waals surface area contributed by atoms with E-state index in [-0.39, 0.29) is 6.04 Å². The molecule has 1 atom stereocenters. The van der Waals surface area contributed by atoms with E-state index in [4.69, 9.17) is 16.3 Å². The van der Waals surface area contributed by atoms with Gasteiger partial charge >= 0.3 is 0 Å². The van der Waals surface area contributed by atoms with Crippen molar-refractivity contribution in [1.82, 2.24) is 25.5 Å². The molecule has 7 nitrogen and oxygen atoms in total. The zero-order chi connectivity index (χ0) is 16.5. The summed E-state index contributed by atoms with van der Waals surface area (Å²) in [6.45, 7) is 2.53. The molecule has 24 heavy (non-hydrogen) atoms. The van der Waals surface area contributed by atoms with Crippen LogP contribution < -0.4 is 15.0 Å². The molecule has 0 radical (unpaired) electrons. The number of nitrogens with zero attached hydrogens (tertiary/aromatic N) is 4. The lowest BCUT2D eigenvalue weighted by molar-refractivity contribution is 0.415. The third-order valence-corrected chi connectivity index (χ3v) is 4.58. The molecule has 2 aromatic heterocycles. The zero-order valence-electron chi connectivity index (χ0n) is 13.2. The van der Waals surface area contributed by atoms with Gasteiger partial charge in [-0.1, -0.05) is 11.6 Å². The first kappa shape index (κ1) is 15.2. The predicted octanol–water partition coefficient (Wildman–Crippen LogP) is 2.17. The Labute approximate surface area is 144 Å². The lowest BCUT2D eigenvalue weighted by Gasteiger charge is -2.34. The summed E-state index contributed by atoms with van der Waals surface area (Å²) in [6, 6.07) is 3.93. The molecule has 0 spiro atoms. The predicted molar refractivity (Wildman–Crippen MR) is 92.6 cm³/mol. The first-order chi connectivity index (χ1) is 11.8. The van der Waals surface area contributed by atoms with Gasteiger partial charge in [0.1, 0.15) is 17.9 Å². The van der Waals surface area contributed by atoms with E-state index in [0.29, 0.717) is 10.8 Å². The van der Waals surface area contributed by atoms with Crippen LogP contribution in [-0.4, -0.2) is 46.9 Å². The van der Waals surface area contributed by atoms with Crippen LogP contribution in [0.25, 0.3) is 10.9 Å². The molecule has 2 N–H and O–H groups in total. The van der Waals surface area contributed by atoms with Crippen molar-refractivity contribution in [2.45, 2.75) is 6.04 Å². The van der Waals surface area contributed by atoms with Crippen LogP contribution in [0.15, 0.2) is 30.9 Å². The highest BCUT2D eigenvalue weighted by atomic mass is 35.5. The van der Waals surface area contributed by atoms with Crippen LogP contribution in [0.3, 0.4) is 0 Å². The summed E-state index contributed by atoms with van der Waals surface area (Å²) in [5.41, 5.74) is 1.96. The maximum atomic E-state index is 6.30. The van der Waals surface area contributed by atoms with Crippen LogP contribution in [0.1, 0.15) is 11.6 Å². The Bertz CT molecular complexity index is 853. The molecule has 0 saturated carbocycles. The Hall–Kier alpha value is -2.38. The summed E-state index contributed by atoms with van der Waals surface area (Å²) >= 11 is 6.30. The largest absolute Gasteiger partial charge is 0.495 e.